The SMILES string of the molecule is O=C(COCCO)OCC(=O)ON1C(=O)CCC1=O. The van der Waals surface area contributed by atoms with E-state index in [9.17, 15) is 19.2 Å². The van der Waals surface area contributed by atoms with Crippen LogP contribution >= 0.6 is 0 Å². The van der Waals surface area contributed by atoms with Crippen LogP contribution in [0.3, 0.4) is 0 Å². The van der Waals surface area contributed by atoms with Gasteiger partial charge in [-0.3, -0.25) is 9.59 Å². The van der Waals surface area contributed by atoms with E-state index in [0.29, 0.717) is 5.06 Å². The van der Waals surface area contributed by atoms with Crippen molar-refractivity contribution in [1.29, 1.82) is 0 Å². The highest BCUT2D eigenvalue weighted by molar-refractivity contribution is 6.01. The molecule has 0 saturated carbocycles. The van der Waals surface area contributed by atoms with Crippen LogP contribution < -0.4 is 0 Å². The Bertz CT molecular complexity index is 364. The van der Waals surface area contributed by atoms with Gasteiger partial charge in [0.25, 0.3) is 11.8 Å². The Morgan fingerprint density at radius 2 is 1.74 bits per heavy atom. The second kappa shape index (κ2) is 7.44. The number of hydrogen-bond donors (Lipinski definition) is 1. The summed E-state index contributed by atoms with van der Waals surface area (Å²) in [6.45, 7) is -1.43. The average molecular weight is 275 g/mol. The third kappa shape index (κ3) is 5.02. The molecule has 9 nitrogen and oxygen atoms in total. The molecule has 0 atom stereocenters. The molecule has 0 aromatic rings. The smallest absolute Gasteiger partial charge is 0.370 e. The Balaban J connectivity index is 2.22. The second-order valence-corrected chi connectivity index (χ2v) is 3.48. The molecule has 2 amide bonds. The van der Waals surface area contributed by atoms with Crippen molar-refractivity contribution in [2.45, 2.75) is 12.8 Å². The third-order valence-electron chi connectivity index (χ3n) is 2.01. The summed E-state index contributed by atoms with van der Waals surface area (Å²) in [5, 5.41) is 8.75. The van der Waals surface area contributed by atoms with E-state index in [1.165, 1.54) is 0 Å². The lowest BCUT2D eigenvalue weighted by Crippen LogP contribution is -2.34. The Labute approximate surface area is 108 Å². The molecule has 0 aliphatic carbocycles. The van der Waals surface area contributed by atoms with Crippen LogP contribution in [0.15, 0.2) is 0 Å². The number of rotatable bonds is 7. The fourth-order valence-corrected chi connectivity index (χ4v) is 1.19. The van der Waals surface area contributed by atoms with Gasteiger partial charge in [-0.25, -0.2) is 9.59 Å². The number of aliphatic hydroxyl groups excluding tert-OH is 1. The number of carbonyl (C=O) groups excluding carboxylic acids is 4. The molecular weight excluding hydrogens is 262 g/mol. The summed E-state index contributed by atoms with van der Waals surface area (Å²) >= 11 is 0. The number of hydrogen-bond acceptors (Lipinski definition) is 8. The van der Waals surface area contributed by atoms with E-state index in [2.05, 4.69) is 14.3 Å². The maximum Gasteiger partial charge on any atom is 0.370 e. The van der Waals surface area contributed by atoms with Crippen LogP contribution in [0.4, 0.5) is 0 Å². The van der Waals surface area contributed by atoms with Crippen molar-refractivity contribution in [3.8, 4) is 0 Å². The zero-order valence-corrected chi connectivity index (χ0v) is 9.99. The zero-order chi connectivity index (χ0) is 14.3. The topological polar surface area (TPSA) is 119 Å². The predicted octanol–water partition coefficient (Wildman–Crippen LogP) is -1.85. The molecule has 0 bridgehead atoms. The lowest BCUT2D eigenvalue weighted by atomic mass is 10.4. The van der Waals surface area contributed by atoms with Crippen molar-refractivity contribution < 1.29 is 38.6 Å². The van der Waals surface area contributed by atoms with E-state index in [4.69, 9.17) is 5.11 Å². The zero-order valence-electron chi connectivity index (χ0n) is 9.99. The van der Waals surface area contributed by atoms with Crippen molar-refractivity contribution in [1.82, 2.24) is 5.06 Å². The van der Waals surface area contributed by atoms with Crippen LogP contribution in [-0.4, -0.2) is 60.4 Å². The van der Waals surface area contributed by atoms with Crippen molar-refractivity contribution in [3.63, 3.8) is 0 Å². The molecule has 0 aromatic heterocycles. The van der Waals surface area contributed by atoms with Crippen LogP contribution in [0, 0.1) is 0 Å². The van der Waals surface area contributed by atoms with E-state index >= 15 is 0 Å². The number of amides is 2. The van der Waals surface area contributed by atoms with Crippen LogP contribution in [0.1, 0.15) is 12.8 Å². The lowest BCUT2D eigenvalue weighted by molar-refractivity contribution is -0.201. The number of aliphatic hydroxyl groups is 1. The van der Waals surface area contributed by atoms with Gasteiger partial charge in [-0.15, -0.1) is 5.06 Å². The molecule has 19 heavy (non-hydrogen) atoms. The van der Waals surface area contributed by atoms with Gasteiger partial charge in [0.15, 0.2) is 6.61 Å². The van der Waals surface area contributed by atoms with E-state index in [-0.39, 0.29) is 26.1 Å². The standard InChI is InChI=1S/C10H13NO8/c12-3-4-17-5-9(15)18-6-10(16)19-11-7(13)1-2-8(11)14/h12H,1-6H2. The first-order chi connectivity index (χ1) is 9.04. The number of imide groups is 1. The molecule has 1 aliphatic heterocycles. The molecule has 1 saturated heterocycles. The van der Waals surface area contributed by atoms with Gasteiger partial charge < -0.3 is 19.4 Å². The fourth-order valence-electron chi connectivity index (χ4n) is 1.19. The summed E-state index contributed by atoms with van der Waals surface area (Å²) in [6.07, 6.45) is -0.0260. The number of esters is 1. The van der Waals surface area contributed by atoms with Gasteiger partial charge in [0.05, 0.1) is 13.2 Å². The van der Waals surface area contributed by atoms with Crippen LogP contribution in [-0.2, 0) is 33.5 Å². The van der Waals surface area contributed by atoms with Crippen molar-refractivity contribution in [2.24, 2.45) is 0 Å². The van der Waals surface area contributed by atoms with E-state index in [1.807, 2.05) is 0 Å². The Morgan fingerprint density at radius 3 is 2.32 bits per heavy atom. The van der Waals surface area contributed by atoms with Crippen molar-refractivity contribution in [3.05, 3.63) is 0 Å². The van der Waals surface area contributed by atoms with E-state index < -0.39 is 37.0 Å². The summed E-state index contributed by atoms with van der Waals surface area (Å²) in [6, 6.07) is 0. The molecule has 9 heteroatoms. The van der Waals surface area contributed by atoms with Gasteiger partial charge >= 0.3 is 11.9 Å². The summed E-state index contributed by atoms with van der Waals surface area (Å²) in [4.78, 5) is 48.9. The fraction of sp³-hybridized carbons (Fsp3) is 0.600. The molecule has 1 N–H and O–H groups in total. The lowest BCUT2D eigenvalue weighted by Gasteiger charge is -2.12. The first kappa shape index (κ1) is 15.1. The second-order valence-electron chi connectivity index (χ2n) is 3.48. The molecule has 0 spiro atoms. The minimum atomic E-state index is -1.04. The van der Waals surface area contributed by atoms with Gasteiger partial charge in [-0.2, -0.15) is 0 Å². The first-order valence-electron chi connectivity index (χ1n) is 5.45. The van der Waals surface area contributed by atoms with Crippen LogP contribution in [0.2, 0.25) is 0 Å². The highest BCUT2D eigenvalue weighted by Crippen LogP contribution is 2.11. The molecule has 0 aromatic carbocycles. The monoisotopic (exact) mass is 275 g/mol. The van der Waals surface area contributed by atoms with Crippen molar-refractivity contribution >= 4 is 23.8 Å². The summed E-state index contributed by atoms with van der Waals surface area (Å²) in [7, 11) is 0. The van der Waals surface area contributed by atoms with Gasteiger partial charge in [0.2, 0.25) is 0 Å². The number of nitrogens with zero attached hydrogens (tertiary/aromatic N) is 1. The summed E-state index contributed by atoms with van der Waals surface area (Å²) in [5.41, 5.74) is 0. The Hall–Kier alpha value is -2.00. The maximum absolute atomic E-state index is 11.2. The number of carbonyl (C=O) groups is 4. The van der Waals surface area contributed by atoms with E-state index in [0.717, 1.165) is 0 Å². The maximum atomic E-state index is 11.2. The molecule has 1 fully saturated rings. The number of hydroxylamine groups is 2. The third-order valence-corrected chi connectivity index (χ3v) is 2.01. The van der Waals surface area contributed by atoms with Crippen LogP contribution in [0.25, 0.3) is 0 Å². The molecule has 1 aliphatic rings. The predicted molar refractivity (Wildman–Crippen MR) is 56.0 cm³/mol. The molecule has 1 rings (SSSR count). The van der Waals surface area contributed by atoms with Gasteiger partial charge in [0.1, 0.15) is 6.61 Å². The molecule has 1 heterocycles. The minimum absolute atomic E-state index is 0.0130. The quantitative estimate of drug-likeness (QED) is 0.326. The largest absolute Gasteiger partial charge is 0.452 e. The van der Waals surface area contributed by atoms with Crippen LogP contribution in [0.5, 0.6) is 0 Å². The average Bonchev–Trinajstić information content (AvgIpc) is 2.68. The van der Waals surface area contributed by atoms with Gasteiger partial charge in [-0.1, -0.05) is 0 Å². The highest BCUT2D eigenvalue weighted by atomic mass is 16.7. The number of ether oxygens (including phenoxy) is 2. The normalized spacial score (nSPS) is 14.7. The first-order valence-corrected chi connectivity index (χ1v) is 5.45. The van der Waals surface area contributed by atoms with Gasteiger partial charge in [-0.05, 0) is 0 Å². The molecule has 0 radical (unpaired) electrons. The molecule has 0 unspecified atom stereocenters. The summed E-state index contributed by atoms with van der Waals surface area (Å²) in [5.74, 6) is -3.10. The summed E-state index contributed by atoms with van der Waals surface area (Å²) < 4.78 is 9.11. The highest BCUT2D eigenvalue weighted by Gasteiger charge is 2.32. The minimum Gasteiger partial charge on any atom is -0.452 e. The van der Waals surface area contributed by atoms with E-state index in [1.54, 1.807) is 0 Å². The molecular formula is C10H13NO8. The Morgan fingerprint density at radius 1 is 1.11 bits per heavy atom. The molecule has 106 valence electrons. The Kier molecular flexibility index (Phi) is 5.90. The van der Waals surface area contributed by atoms with Gasteiger partial charge in [0, 0.05) is 12.8 Å². The van der Waals surface area contributed by atoms with Crippen molar-refractivity contribution in [2.75, 3.05) is 26.4 Å².